The fourth-order valence-electron chi connectivity index (χ4n) is 3.52. The first kappa shape index (κ1) is 23.4. The third-order valence-corrected chi connectivity index (χ3v) is 5.06. The number of rotatable bonds is 6. The van der Waals surface area contributed by atoms with E-state index in [1.54, 1.807) is 0 Å². The molecule has 0 bridgehead atoms. The highest BCUT2D eigenvalue weighted by atomic mass is 16.7. The Bertz CT molecular complexity index is 657. The standard InChI is InChI=1S/C16H20O5.C4H8O3/c1-16(15(20)21)9-5-8-11(14(18)19)12(16)13(17)10-6-3-2-4-7-10;1-2-3-7-4(5)6/h5,8-10,12H,2-4,6-7H2,1H3,(H,18,19)(H,20,21);2-3H2,1H3,(H,5,6). The van der Waals surface area contributed by atoms with E-state index in [1.807, 2.05) is 6.92 Å². The lowest BCUT2D eigenvalue weighted by Gasteiger charge is -2.35. The zero-order valence-corrected chi connectivity index (χ0v) is 16.2. The third kappa shape index (κ3) is 5.94. The molecule has 2 aliphatic carbocycles. The molecule has 2 atom stereocenters. The molecule has 0 spiro atoms. The highest BCUT2D eigenvalue weighted by Gasteiger charge is 2.49. The van der Waals surface area contributed by atoms with Crippen LogP contribution in [0.5, 0.6) is 0 Å². The van der Waals surface area contributed by atoms with Crippen molar-refractivity contribution in [2.24, 2.45) is 17.3 Å². The van der Waals surface area contributed by atoms with Gasteiger partial charge in [-0.2, -0.15) is 0 Å². The number of ketones is 1. The molecule has 0 aliphatic heterocycles. The first-order chi connectivity index (χ1) is 13.1. The van der Waals surface area contributed by atoms with E-state index in [1.165, 1.54) is 25.2 Å². The van der Waals surface area contributed by atoms with E-state index in [-0.39, 0.29) is 17.3 Å². The molecule has 0 amide bonds. The van der Waals surface area contributed by atoms with Crippen LogP contribution in [0.1, 0.15) is 52.4 Å². The normalized spacial score (nSPS) is 24.4. The summed E-state index contributed by atoms with van der Waals surface area (Å²) in [6, 6.07) is 0. The molecular weight excluding hydrogens is 368 g/mol. The van der Waals surface area contributed by atoms with Gasteiger partial charge in [0.25, 0.3) is 0 Å². The predicted octanol–water partition coefficient (Wildman–Crippen LogP) is 3.51. The van der Waals surface area contributed by atoms with E-state index < -0.39 is 29.4 Å². The monoisotopic (exact) mass is 396 g/mol. The van der Waals surface area contributed by atoms with Crippen molar-refractivity contribution >= 4 is 23.9 Å². The Kier molecular flexibility index (Phi) is 8.88. The Morgan fingerprint density at radius 3 is 2.14 bits per heavy atom. The molecule has 0 aromatic heterocycles. The molecule has 3 N–H and O–H groups in total. The Hall–Kier alpha value is -2.64. The van der Waals surface area contributed by atoms with Crippen molar-refractivity contribution in [1.82, 2.24) is 0 Å². The van der Waals surface area contributed by atoms with E-state index in [0.29, 0.717) is 6.61 Å². The van der Waals surface area contributed by atoms with Crippen LogP contribution >= 0.6 is 0 Å². The number of hydrogen-bond donors (Lipinski definition) is 3. The summed E-state index contributed by atoms with van der Waals surface area (Å²) < 4.78 is 4.11. The lowest BCUT2D eigenvalue weighted by Crippen LogP contribution is -2.45. The number of carbonyl (C=O) groups excluding carboxylic acids is 1. The second kappa shape index (κ2) is 10.6. The van der Waals surface area contributed by atoms with Crippen molar-refractivity contribution in [3.05, 3.63) is 23.8 Å². The van der Waals surface area contributed by atoms with E-state index in [9.17, 15) is 29.4 Å². The van der Waals surface area contributed by atoms with Crippen LogP contribution in [-0.2, 0) is 19.1 Å². The van der Waals surface area contributed by atoms with Crippen LogP contribution in [0.4, 0.5) is 4.79 Å². The van der Waals surface area contributed by atoms with E-state index in [2.05, 4.69) is 4.74 Å². The molecule has 156 valence electrons. The SMILES string of the molecule is CC1(C(=O)O)C=CC=C(C(=O)O)C1C(=O)C1CCCCC1.CCCOC(=O)O. The van der Waals surface area contributed by atoms with Crippen LogP contribution in [0.3, 0.4) is 0 Å². The minimum atomic E-state index is -1.49. The summed E-state index contributed by atoms with van der Waals surface area (Å²) in [5.41, 5.74) is -1.60. The summed E-state index contributed by atoms with van der Waals surface area (Å²) in [6.07, 6.45) is 8.14. The zero-order chi connectivity index (χ0) is 21.3. The molecule has 28 heavy (non-hydrogen) atoms. The molecule has 2 rings (SSSR count). The van der Waals surface area contributed by atoms with Gasteiger partial charge in [-0.15, -0.1) is 0 Å². The van der Waals surface area contributed by atoms with Gasteiger partial charge in [-0.3, -0.25) is 9.59 Å². The summed E-state index contributed by atoms with van der Waals surface area (Å²) in [5, 5.41) is 26.6. The number of aliphatic carboxylic acids is 2. The van der Waals surface area contributed by atoms with Gasteiger partial charge in [0.1, 0.15) is 5.78 Å². The third-order valence-electron chi connectivity index (χ3n) is 5.06. The Labute approximate surface area is 163 Å². The van der Waals surface area contributed by atoms with Gasteiger partial charge in [-0.05, 0) is 26.2 Å². The first-order valence-electron chi connectivity index (χ1n) is 9.40. The van der Waals surface area contributed by atoms with E-state index in [0.717, 1.165) is 38.5 Å². The fourth-order valence-corrected chi connectivity index (χ4v) is 3.52. The molecule has 1 fully saturated rings. The first-order valence-corrected chi connectivity index (χ1v) is 9.40. The van der Waals surface area contributed by atoms with Crippen molar-refractivity contribution in [3.63, 3.8) is 0 Å². The fraction of sp³-hybridized carbons (Fsp3) is 0.600. The molecule has 0 saturated heterocycles. The number of carboxylic acid groups (broad SMARTS) is 3. The van der Waals surface area contributed by atoms with Crippen molar-refractivity contribution in [2.75, 3.05) is 6.61 Å². The molecule has 0 aromatic rings. The number of ether oxygens (including phenoxy) is 1. The van der Waals surface area contributed by atoms with Crippen LogP contribution in [-0.4, -0.2) is 45.8 Å². The van der Waals surface area contributed by atoms with Crippen LogP contribution in [0.25, 0.3) is 0 Å². The van der Waals surface area contributed by atoms with Crippen molar-refractivity contribution in [3.8, 4) is 0 Å². The molecule has 0 radical (unpaired) electrons. The van der Waals surface area contributed by atoms with Crippen LogP contribution < -0.4 is 0 Å². The molecule has 2 aliphatic rings. The highest BCUT2D eigenvalue weighted by molar-refractivity contribution is 6.02. The highest BCUT2D eigenvalue weighted by Crippen LogP contribution is 2.42. The summed E-state index contributed by atoms with van der Waals surface area (Å²) in [7, 11) is 0. The second-order valence-corrected chi connectivity index (χ2v) is 7.16. The maximum Gasteiger partial charge on any atom is 0.505 e. The van der Waals surface area contributed by atoms with Gasteiger partial charge in [0, 0.05) is 11.5 Å². The quantitative estimate of drug-likeness (QED) is 0.580. The zero-order valence-electron chi connectivity index (χ0n) is 16.2. The van der Waals surface area contributed by atoms with Gasteiger partial charge < -0.3 is 20.1 Å². The lowest BCUT2D eigenvalue weighted by atomic mass is 9.65. The Morgan fingerprint density at radius 1 is 1.11 bits per heavy atom. The minimum Gasteiger partial charge on any atom is -0.481 e. The van der Waals surface area contributed by atoms with Gasteiger partial charge in [0.15, 0.2) is 0 Å². The number of carbonyl (C=O) groups is 4. The molecule has 0 heterocycles. The van der Waals surface area contributed by atoms with Crippen LogP contribution in [0, 0.1) is 17.3 Å². The second-order valence-electron chi connectivity index (χ2n) is 7.16. The van der Waals surface area contributed by atoms with Crippen molar-refractivity contribution < 1.29 is 39.2 Å². The van der Waals surface area contributed by atoms with Crippen molar-refractivity contribution in [1.29, 1.82) is 0 Å². The summed E-state index contributed by atoms with van der Waals surface area (Å²) in [6.45, 7) is 3.57. The molecule has 8 nitrogen and oxygen atoms in total. The van der Waals surface area contributed by atoms with Crippen molar-refractivity contribution in [2.45, 2.75) is 52.4 Å². The van der Waals surface area contributed by atoms with Gasteiger partial charge in [0.05, 0.1) is 17.9 Å². The number of hydrogen-bond acceptors (Lipinski definition) is 5. The minimum absolute atomic E-state index is 0.113. The largest absolute Gasteiger partial charge is 0.505 e. The maximum atomic E-state index is 12.8. The van der Waals surface area contributed by atoms with Gasteiger partial charge >= 0.3 is 18.1 Å². The van der Waals surface area contributed by atoms with Gasteiger partial charge in [0.2, 0.25) is 0 Å². The number of Topliss-reactive ketones (excluding diaryl/α,β-unsaturated/α-hetero) is 1. The Morgan fingerprint density at radius 2 is 1.71 bits per heavy atom. The maximum absolute atomic E-state index is 12.8. The van der Waals surface area contributed by atoms with Gasteiger partial charge in [-0.1, -0.05) is 44.4 Å². The van der Waals surface area contributed by atoms with Crippen LogP contribution in [0.15, 0.2) is 23.8 Å². The summed E-state index contributed by atoms with van der Waals surface area (Å²) >= 11 is 0. The molecular formula is C20H28O8. The Balaban J connectivity index is 0.000000480. The van der Waals surface area contributed by atoms with E-state index >= 15 is 0 Å². The molecule has 8 heteroatoms. The van der Waals surface area contributed by atoms with E-state index in [4.69, 9.17) is 5.11 Å². The summed E-state index contributed by atoms with van der Waals surface area (Å²) in [5.74, 6) is -3.96. The predicted molar refractivity (Wildman–Crippen MR) is 99.9 cm³/mol. The summed E-state index contributed by atoms with van der Waals surface area (Å²) in [4.78, 5) is 45.4. The lowest BCUT2D eigenvalue weighted by molar-refractivity contribution is -0.152. The molecule has 2 unspecified atom stereocenters. The average molecular weight is 396 g/mol. The number of carboxylic acids is 2. The number of allylic oxidation sites excluding steroid dienone is 2. The smallest absolute Gasteiger partial charge is 0.481 e. The molecule has 1 saturated carbocycles. The molecule has 0 aromatic carbocycles. The topological polar surface area (TPSA) is 138 Å². The van der Waals surface area contributed by atoms with Crippen LogP contribution in [0.2, 0.25) is 0 Å². The van der Waals surface area contributed by atoms with Gasteiger partial charge in [-0.25, -0.2) is 9.59 Å². The average Bonchev–Trinajstić information content (AvgIpc) is 2.66.